The number of carbonyl (C=O) groups excluding carboxylic acids is 1. The van der Waals surface area contributed by atoms with Crippen LogP contribution in [-0.2, 0) is 4.79 Å². The third-order valence-corrected chi connectivity index (χ3v) is 4.54. The van der Waals surface area contributed by atoms with Crippen molar-refractivity contribution in [1.82, 2.24) is 20.0 Å². The number of thioether (sulfide) groups is 1. The third-order valence-electron chi connectivity index (χ3n) is 3.18. The lowest BCUT2D eigenvalue weighted by molar-refractivity contribution is -0.116. The van der Waals surface area contributed by atoms with Crippen LogP contribution in [0.25, 0.3) is 5.82 Å². The molecule has 24 heavy (non-hydrogen) atoms. The van der Waals surface area contributed by atoms with Gasteiger partial charge in [-0.2, -0.15) is 26.6 Å². The summed E-state index contributed by atoms with van der Waals surface area (Å²) in [6.07, 6.45) is 1.35. The molecule has 0 bridgehead atoms. The minimum Gasteiger partial charge on any atom is -0.311 e. The van der Waals surface area contributed by atoms with E-state index in [9.17, 15) is 4.79 Å². The fraction of sp³-hybridized carbons (Fsp3) is 0.529. The van der Waals surface area contributed by atoms with Gasteiger partial charge in [0, 0.05) is 17.2 Å². The molecule has 1 amide bonds. The monoisotopic (exact) mass is 347 g/mol. The van der Waals surface area contributed by atoms with E-state index in [4.69, 9.17) is 0 Å². The minimum absolute atomic E-state index is 0.00858. The number of aryl methyl sites for hydroxylation is 2. The van der Waals surface area contributed by atoms with E-state index in [1.54, 1.807) is 4.68 Å². The Labute approximate surface area is 147 Å². The van der Waals surface area contributed by atoms with Crippen LogP contribution in [0, 0.1) is 13.8 Å². The molecule has 0 aliphatic rings. The first-order valence-corrected chi connectivity index (χ1v) is 9.04. The van der Waals surface area contributed by atoms with Crippen molar-refractivity contribution >= 4 is 23.5 Å². The number of nitrogens with one attached hydrogen (secondary N) is 1. The lowest BCUT2D eigenvalue weighted by atomic mass is 10.3. The minimum atomic E-state index is -0.00858. The molecular formula is C17H25N5OS. The number of hydrogen-bond acceptors (Lipinski definition) is 5. The van der Waals surface area contributed by atoms with Crippen molar-refractivity contribution in [1.29, 1.82) is 0 Å². The Bertz CT molecular complexity index is 688. The van der Waals surface area contributed by atoms with Crippen LogP contribution in [0.5, 0.6) is 0 Å². The first kappa shape index (κ1) is 18.4. The molecule has 6 nitrogen and oxygen atoms in total. The van der Waals surface area contributed by atoms with Gasteiger partial charge in [-0.25, -0.2) is 0 Å². The van der Waals surface area contributed by atoms with Gasteiger partial charge in [0.25, 0.3) is 0 Å². The van der Waals surface area contributed by atoms with Crippen LogP contribution in [0.1, 0.15) is 45.0 Å². The fourth-order valence-corrected chi connectivity index (χ4v) is 2.99. The molecule has 0 aromatic carbocycles. The molecule has 2 rings (SSSR count). The Balaban J connectivity index is 1.97. The summed E-state index contributed by atoms with van der Waals surface area (Å²) in [5.41, 5.74) is 1.65. The van der Waals surface area contributed by atoms with E-state index in [1.807, 2.05) is 43.8 Å². The molecule has 0 spiro atoms. The second-order valence-electron chi connectivity index (χ2n) is 6.73. The first-order valence-electron chi connectivity index (χ1n) is 8.06. The summed E-state index contributed by atoms with van der Waals surface area (Å²) >= 11 is 1.87. The van der Waals surface area contributed by atoms with E-state index in [2.05, 4.69) is 41.4 Å². The lowest BCUT2D eigenvalue weighted by Gasteiger charge is -2.17. The van der Waals surface area contributed by atoms with Crippen LogP contribution in [-0.4, -0.2) is 36.4 Å². The zero-order valence-electron chi connectivity index (χ0n) is 15.0. The van der Waals surface area contributed by atoms with Crippen molar-refractivity contribution in [3.63, 3.8) is 0 Å². The number of carbonyl (C=O) groups is 1. The van der Waals surface area contributed by atoms with E-state index in [-0.39, 0.29) is 10.7 Å². The first-order chi connectivity index (χ1) is 11.2. The average Bonchev–Trinajstić information content (AvgIpc) is 2.84. The molecule has 7 heteroatoms. The number of aromatic nitrogens is 4. The number of hydrogen-bond donors (Lipinski definition) is 1. The summed E-state index contributed by atoms with van der Waals surface area (Å²) in [6, 6.07) is 5.54. The maximum absolute atomic E-state index is 12.2. The maximum atomic E-state index is 12.2. The largest absolute Gasteiger partial charge is 0.311 e. The van der Waals surface area contributed by atoms with Gasteiger partial charge in [0.15, 0.2) is 5.82 Å². The van der Waals surface area contributed by atoms with Crippen LogP contribution in [0.3, 0.4) is 0 Å². The van der Waals surface area contributed by atoms with Crippen molar-refractivity contribution in [2.45, 2.75) is 52.2 Å². The van der Waals surface area contributed by atoms with E-state index < -0.39 is 0 Å². The van der Waals surface area contributed by atoms with E-state index in [0.29, 0.717) is 18.1 Å². The van der Waals surface area contributed by atoms with Gasteiger partial charge in [-0.15, -0.1) is 5.10 Å². The number of rotatable bonds is 6. The predicted octanol–water partition coefficient (Wildman–Crippen LogP) is 3.53. The summed E-state index contributed by atoms with van der Waals surface area (Å²) in [6.45, 7) is 10.3. The molecule has 0 saturated heterocycles. The molecule has 0 unspecified atom stereocenters. The summed E-state index contributed by atoms with van der Waals surface area (Å²) in [5, 5.41) is 15.5. The highest BCUT2D eigenvalue weighted by Gasteiger charge is 2.13. The molecule has 2 aromatic heterocycles. The van der Waals surface area contributed by atoms with Gasteiger partial charge in [0.1, 0.15) is 5.82 Å². The molecular weight excluding hydrogens is 322 g/mol. The van der Waals surface area contributed by atoms with Crippen molar-refractivity contribution in [2.24, 2.45) is 0 Å². The second-order valence-corrected chi connectivity index (χ2v) is 8.65. The number of amides is 1. The van der Waals surface area contributed by atoms with Gasteiger partial charge in [0.2, 0.25) is 5.91 Å². The molecule has 2 aromatic rings. The normalized spacial score (nSPS) is 11.5. The second kappa shape index (κ2) is 7.79. The number of anilines is 1. The molecule has 2 heterocycles. The Morgan fingerprint density at radius 2 is 1.96 bits per heavy atom. The molecule has 0 atom stereocenters. The smallest absolute Gasteiger partial charge is 0.225 e. The van der Waals surface area contributed by atoms with Crippen molar-refractivity contribution in [3.8, 4) is 5.82 Å². The van der Waals surface area contributed by atoms with Crippen LogP contribution < -0.4 is 5.32 Å². The highest BCUT2D eigenvalue weighted by atomic mass is 32.2. The summed E-state index contributed by atoms with van der Waals surface area (Å²) in [7, 11) is 0. The van der Waals surface area contributed by atoms with Gasteiger partial charge in [-0.3, -0.25) is 4.79 Å². The Kier molecular flexibility index (Phi) is 5.99. The fourth-order valence-electron chi connectivity index (χ4n) is 2.08. The summed E-state index contributed by atoms with van der Waals surface area (Å²) in [4.78, 5) is 12.2. The zero-order chi connectivity index (χ0) is 17.7. The topological polar surface area (TPSA) is 72.7 Å². The van der Waals surface area contributed by atoms with Gasteiger partial charge < -0.3 is 5.32 Å². The zero-order valence-corrected chi connectivity index (χ0v) is 15.8. The molecule has 0 fully saturated rings. The van der Waals surface area contributed by atoms with Crippen molar-refractivity contribution in [3.05, 3.63) is 29.6 Å². The standard InChI is InChI=1S/C17H25N5OS/c1-12-8-9-14(20-19-12)22-15(11-13(2)21-22)18-16(23)7-6-10-24-17(3,4)5/h8-9,11H,6-7,10H2,1-5H3,(H,18,23). The highest BCUT2D eigenvalue weighted by Crippen LogP contribution is 2.24. The van der Waals surface area contributed by atoms with Gasteiger partial charge in [-0.1, -0.05) is 20.8 Å². The molecule has 0 radical (unpaired) electrons. The molecule has 0 aliphatic heterocycles. The quantitative estimate of drug-likeness (QED) is 0.809. The average molecular weight is 347 g/mol. The van der Waals surface area contributed by atoms with Crippen LogP contribution in [0.15, 0.2) is 18.2 Å². The van der Waals surface area contributed by atoms with Crippen molar-refractivity contribution in [2.75, 3.05) is 11.1 Å². The number of nitrogens with zero attached hydrogens (tertiary/aromatic N) is 4. The van der Waals surface area contributed by atoms with E-state index in [0.717, 1.165) is 23.6 Å². The Morgan fingerprint density at radius 3 is 2.58 bits per heavy atom. The van der Waals surface area contributed by atoms with Gasteiger partial charge in [-0.05, 0) is 38.2 Å². The highest BCUT2D eigenvalue weighted by molar-refractivity contribution is 8.00. The Hall–Kier alpha value is -1.89. The molecule has 0 saturated carbocycles. The van der Waals surface area contributed by atoms with Gasteiger partial charge in [0.05, 0.1) is 11.4 Å². The van der Waals surface area contributed by atoms with Crippen LogP contribution in [0.2, 0.25) is 0 Å². The molecule has 0 aliphatic carbocycles. The maximum Gasteiger partial charge on any atom is 0.225 e. The Morgan fingerprint density at radius 1 is 1.21 bits per heavy atom. The summed E-state index contributed by atoms with van der Waals surface area (Å²) < 4.78 is 1.85. The molecule has 1 N–H and O–H groups in total. The third kappa shape index (κ3) is 5.63. The SMILES string of the molecule is Cc1ccc(-n2nc(C)cc2NC(=O)CCCSC(C)(C)C)nn1. The van der Waals surface area contributed by atoms with Crippen LogP contribution in [0.4, 0.5) is 5.82 Å². The van der Waals surface area contributed by atoms with E-state index in [1.165, 1.54) is 0 Å². The van der Waals surface area contributed by atoms with E-state index >= 15 is 0 Å². The molecule has 130 valence electrons. The van der Waals surface area contributed by atoms with Gasteiger partial charge >= 0.3 is 0 Å². The van der Waals surface area contributed by atoms with Crippen LogP contribution >= 0.6 is 11.8 Å². The van der Waals surface area contributed by atoms with Crippen molar-refractivity contribution < 1.29 is 4.79 Å². The lowest BCUT2D eigenvalue weighted by Crippen LogP contribution is -2.16. The summed E-state index contributed by atoms with van der Waals surface area (Å²) in [5.74, 6) is 2.18. The predicted molar refractivity (Wildman–Crippen MR) is 98.7 cm³/mol.